The van der Waals surface area contributed by atoms with Crippen molar-refractivity contribution in [1.82, 2.24) is 9.91 Å². The maximum atomic E-state index is 13.7. The van der Waals surface area contributed by atoms with Gasteiger partial charge >= 0.3 is 6.03 Å². The van der Waals surface area contributed by atoms with Gasteiger partial charge < -0.3 is 4.90 Å². The van der Waals surface area contributed by atoms with Crippen LogP contribution in [0.1, 0.15) is 23.6 Å². The van der Waals surface area contributed by atoms with E-state index in [1.807, 2.05) is 0 Å². The van der Waals surface area contributed by atoms with Crippen LogP contribution in [0.2, 0.25) is 0 Å². The number of amides is 2. The first-order chi connectivity index (χ1) is 13.8. The lowest BCUT2D eigenvalue weighted by Gasteiger charge is -2.37. The predicted molar refractivity (Wildman–Crippen MR) is 95.3 cm³/mol. The third kappa shape index (κ3) is 3.72. The van der Waals surface area contributed by atoms with Crippen molar-refractivity contribution in [1.29, 1.82) is 0 Å². The van der Waals surface area contributed by atoms with Crippen LogP contribution in [0.15, 0.2) is 41.0 Å². The van der Waals surface area contributed by atoms with Crippen LogP contribution in [0.3, 0.4) is 0 Å². The van der Waals surface area contributed by atoms with Gasteiger partial charge in [0.15, 0.2) is 0 Å². The number of likely N-dealkylation sites (tertiary alicyclic amines) is 1. The highest BCUT2D eigenvalue weighted by molar-refractivity contribution is 5.81. The van der Waals surface area contributed by atoms with E-state index in [2.05, 4.69) is 5.10 Å². The van der Waals surface area contributed by atoms with Crippen molar-refractivity contribution in [2.24, 2.45) is 5.10 Å². The molecule has 2 heterocycles. The van der Waals surface area contributed by atoms with Gasteiger partial charge in [0.25, 0.3) is 0 Å². The summed E-state index contributed by atoms with van der Waals surface area (Å²) in [4.78, 5) is 14.1. The molecular weight excluding hydrogens is 393 g/mol. The van der Waals surface area contributed by atoms with E-state index in [9.17, 15) is 26.7 Å². The molecule has 2 aromatic carbocycles. The second-order valence-electron chi connectivity index (χ2n) is 6.82. The first kappa shape index (κ1) is 19.1. The molecule has 29 heavy (non-hydrogen) atoms. The molecule has 9 heteroatoms. The number of halogens is 5. The van der Waals surface area contributed by atoms with Gasteiger partial charge in [-0.05, 0) is 29.3 Å². The van der Waals surface area contributed by atoms with Crippen molar-refractivity contribution in [2.45, 2.75) is 12.5 Å². The summed E-state index contributed by atoms with van der Waals surface area (Å²) in [6, 6.07) is 3.05. The van der Waals surface area contributed by atoms with E-state index in [4.69, 9.17) is 0 Å². The number of carbonyl (C=O) groups is 1. The fourth-order valence-corrected chi connectivity index (χ4v) is 3.35. The molecule has 0 N–H and O–H groups in total. The molecule has 0 saturated carbocycles. The molecule has 0 aromatic heterocycles. The van der Waals surface area contributed by atoms with E-state index in [0.29, 0.717) is 24.1 Å². The van der Waals surface area contributed by atoms with E-state index in [-0.39, 0.29) is 24.2 Å². The van der Waals surface area contributed by atoms with Gasteiger partial charge in [0, 0.05) is 49.5 Å². The number of rotatable bonds is 2. The minimum Gasteiger partial charge on any atom is -0.315 e. The zero-order chi connectivity index (χ0) is 20.7. The highest BCUT2D eigenvalue weighted by Crippen LogP contribution is 2.32. The Balaban J connectivity index is 1.47. The number of carbonyl (C=O) groups excluding carboxylic acids is 1. The first-order valence-electron chi connectivity index (χ1n) is 8.72. The van der Waals surface area contributed by atoms with E-state index in [1.54, 1.807) is 0 Å². The number of urea groups is 1. The smallest absolute Gasteiger partial charge is 0.315 e. The van der Waals surface area contributed by atoms with E-state index in [0.717, 1.165) is 23.2 Å². The van der Waals surface area contributed by atoms with Crippen molar-refractivity contribution in [2.75, 3.05) is 13.1 Å². The third-order valence-electron chi connectivity index (χ3n) is 4.75. The molecule has 2 aliphatic rings. The molecule has 1 saturated heterocycles. The monoisotopic (exact) mass is 407 g/mol. The summed E-state index contributed by atoms with van der Waals surface area (Å²) in [5.74, 6) is -4.58. The maximum absolute atomic E-state index is 13.7. The van der Waals surface area contributed by atoms with Gasteiger partial charge in [-0.15, -0.1) is 0 Å². The van der Waals surface area contributed by atoms with Gasteiger partial charge in [0.2, 0.25) is 0 Å². The average Bonchev–Trinajstić information content (AvgIpc) is 3.07. The Bertz CT molecular complexity index is 1000. The van der Waals surface area contributed by atoms with Crippen LogP contribution in [-0.2, 0) is 0 Å². The van der Waals surface area contributed by atoms with Gasteiger partial charge in [-0.25, -0.2) is 31.8 Å². The molecule has 2 aromatic rings. The Labute approximate surface area is 162 Å². The van der Waals surface area contributed by atoms with Gasteiger partial charge in [-0.2, -0.15) is 5.10 Å². The molecule has 0 radical (unpaired) electrons. The maximum Gasteiger partial charge on any atom is 0.341 e. The average molecular weight is 407 g/mol. The Morgan fingerprint density at radius 1 is 0.931 bits per heavy atom. The molecule has 1 fully saturated rings. The van der Waals surface area contributed by atoms with Gasteiger partial charge in [-0.3, -0.25) is 0 Å². The minimum absolute atomic E-state index is 0.103. The van der Waals surface area contributed by atoms with Crippen molar-refractivity contribution >= 4 is 18.3 Å². The fraction of sp³-hybridized carbons (Fsp3) is 0.200. The molecule has 4 rings (SSSR count). The normalized spacial score (nSPS) is 18.2. The fourth-order valence-electron chi connectivity index (χ4n) is 3.35. The van der Waals surface area contributed by atoms with Crippen molar-refractivity contribution in [3.63, 3.8) is 0 Å². The molecule has 4 nitrogen and oxygen atoms in total. The van der Waals surface area contributed by atoms with Gasteiger partial charge in [0.05, 0.1) is 6.04 Å². The number of nitrogens with zero attached hydrogens (tertiary/aromatic N) is 3. The summed E-state index contributed by atoms with van der Waals surface area (Å²) in [5.41, 5.74) is 0.472. The predicted octanol–water partition coefficient (Wildman–Crippen LogP) is 4.63. The zero-order valence-electron chi connectivity index (χ0n) is 14.9. The van der Waals surface area contributed by atoms with Crippen LogP contribution in [0.5, 0.6) is 0 Å². The summed E-state index contributed by atoms with van der Waals surface area (Å²) in [6.45, 7) is 0.205. The van der Waals surface area contributed by atoms with Crippen molar-refractivity contribution in [3.05, 3.63) is 76.1 Å². The lowest BCUT2D eigenvalue weighted by molar-refractivity contribution is 0.136. The van der Waals surface area contributed by atoms with Crippen molar-refractivity contribution in [3.8, 4) is 0 Å². The minimum atomic E-state index is -1.03. The molecule has 0 aliphatic carbocycles. The van der Waals surface area contributed by atoms with Crippen molar-refractivity contribution < 1.29 is 26.7 Å². The molecular formula is C20H14F5N3O. The van der Waals surface area contributed by atoms with Crippen LogP contribution >= 0.6 is 0 Å². The van der Waals surface area contributed by atoms with E-state index < -0.39 is 41.2 Å². The standard InChI is InChI=1S/C20H14F5N3O/c21-13-4-12(5-14(22)6-13)19-1-2-26-28(19)20(29)27-9-11(10-27)3-16-17(24)7-15(23)8-18(16)25/h2-8,19H,1,9-10H2. The van der Waals surface area contributed by atoms with Crippen LogP contribution in [0.25, 0.3) is 6.08 Å². The zero-order valence-corrected chi connectivity index (χ0v) is 14.9. The molecule has 2 aliphatic heterocycles. The topological polar surface area (TPSA) is 35.9 Å². The Hall–Kier alpha value is -3.23. The number of benzene rings is 2. The highest BCUT2D eigenvalue weighted by Gasteiger charge is 2.35. The molecule has 1 unspecified atom stereocenters. The third-order valence-corrected chi connectivity index (χ3v) is 4.75. The summed E-state index contributed by atoms with van der Waals surface area (Å²) in [6.07, 6.45) is 3.02. The van der Waals surface area contributed by atoms with Crippen LogP contribution in [0, 0.1) is 29.1 Å². The summed E-state index contributed by atoms with van der Waals surface area (Å²) in [5, 5.41) is 5.12. The first-order valence-corrected chi connectivity index (χ1v) is 8.72. The molecule has 150 valence electrons. The second-order valence-corrected chi connectivity index (χ2v) is 6.82. The summed E-state index contributed by atoms with van der Waals surface area (Å²) < 4.78 is 67.5. The number of hydrogen-bond acceptors (Lipinski definition) is 2. The molecule has 2 amide bonds. The Morgan fingerprint density at radius 3 is 2.14 bits per heavy atom. The summed E-state index contributed by atoms with van der Waals surface area (Å²) >= 11 is 0. The van der Waals surface area contributed by atoms with E-state index >= 15 is 0 Å². The summed E-state index contributed by atoms with van der Waals surface area (Å²) in [7, 11) is 0. The molecule has 0 bridgehead atoms. The Kier molecular flexibility index (Phi) is 4.81. The molecule has 1 atom stereocenters. The van der Waals surface area contributed by atoms with Gasteiger partial charge in [-0.1, -0.05) is 0 Å². The van der Waals surface area contributed by atoms with Crippen LogP contribution in [-0.4, -0.2) is 35.2 Å². The lowest BCUT2D eigenvalue weighted by atomic mass is 10.0. The van der Waals surface area contributed by atoms with E-state index in [1.165, 1.54) is 17.2 Å². The highest BCUT2D eigenvalue weighted by atomic mass is 19.2. The molecule has 0 spiro atoms. The van der Waals surface area contributed by atoms with Crippen LogP contribution < -0.4 is 0 Å². The largest absolute Gasteiger partial charge is 0.341 e. The Morgan fingerprint density at radius 2 is 1.52 bits per heavy atom. The SMILES string of the molecule is O=C(N1CC(=Cc2c(F)cc(F)cc2F)C1)N1N=CCC1c1cc(F)cc(F)c1. The van der Waals surface area contributed by atoms with Gasteiger partial charge in [0.1, 0.15) is 29.1 Å². The second kappa shape index (κ2) is 7.31. The quantitative estimate of drug-likeness (QED) is 0.669. The number of hydrazone groups is 1. The lowest BCUT2D eigenvalue weighted by Crippen LogP contribution is -2.49. The van der Waals surface area contributed by atoms with Crippen LogP contribution in [0.4, 0.5) is 26.7 Å². The number of hydrogen-bond donors (Lipinski definition) is 0.